The Morgan fingerprint density at radius 3 is 2.67 bits per heavy atom. The number of amides is 1. The molecule has 8 rings (SSSR count). The predicted octanol–water partition coefficient (Wildman–Crippen LogP) is 3.10. The lowest BCUT2D eigenvalue weighted by molar-refractivity contribution is -0.114. The average molecular weight is 656 g/mol. The second-order valence-electron chi connectivity index (χ2n) is 13.1. The number of Topliss-reactive ketones (excluding diaryl/α,β-unsaturated/α-hetero) is 1. The lowest BCUT2D eigenvalue weighted by Crippen LogP contribution is -2.44. The van der Waals surface area contributed by atoms with Gasteiger partial charge in [0.05, 0.1) is 41.5 Å². The Balaban J connectivity index is 1.02. The van der Waals surface area contributed by atoms with Gasteiger partial charge >= 0.3 is 5.97 Å². The van der Waals surface area contributed by atoms with E-state index < -0.39 is 28.9 Å². The zero-order chi connectivity index (χ0) is 33.3. The molecule has 4 aliphatic rings. The third-order valence-corrected chi connectivity index (χ3v) is 10.2. The Morgan fingerprint density at radius 1 is 1.08 bits per heavy atom. The SMILES string of the molecule is COc1c(N2C[C@@H]3CCCN(Cc4cn(CCN5C(=O)C(=O)c6ccccc65)nn4)[C@@H]3C2)c(F)cc2c(=O)c(C(=O)O)cn(C3CC3)c12. The van der Waals surface area contributed by atoms with Gasteiger partial charge in [-0.3, -0.25) is 24.0 Å². The van der Waals surface area contributed by atoms with Crippen LogP contribution in [0.3, 0.4) is 0 Å². The minimum Gasteiger partial charge on any atom is -0.492 e. The molecule has 1 N–H and O–H groups in total. The molecule has 0 spiro atoms. The molecule has 0 unspecified atom stereocenters. The molecule has 3 fully saturated rings. The molecule has 1 aliphatic carbocycles. The number of aromatic nitrogens is 4. The fraction of sp³-hybridized carbons (Fsp3) is 0.412. The summed E-state index contributed by atoms with van der Waals surface area (Å²) in [6, 6.07) is 8.28. The molecule has 4 aromatic rings. The molecular weight excluding hydrogens is 621 g/mol. The van der Waals surface area contributed by atoms with Gasteiger partial charge in [0.25, 0.3) is 11.7 Å². The Bertz CT molecular complexity index is 2060. The summed E-state index contributed by atoms with van der Waals surface area (Å²) in [6.45, 7) is 3.22. The van der Waals surface area contributed by atoms with E-state index >= 15 is 4.39 Å². The molecule has 5 heterocycles. The number of carboxylic acids is 1. The van der Waals surface area contributed by atoms with E-state index in [-0.39, 0.29) is 34.7 Å². The monoisotopic (exact) mass is 655 g/mol. The lowest BCUT2D eigenvalue weighted by Gasteiger charge is -2.36. The van der Waals surface area contributed by atoms with Crippen LogP contribution in [0.5, 0.6) is 5.75 Å². The van der Waals surface area contributed by atoms with Crippen LogP contribution in [0.25, 0.3) is 10.9 Å². The van der Waals surface area contributed by atoms with Crippen molar-refractivity contribution in [2.24, 2.45) is 5.92 Å². The topological polar surface area (TPSA) is 143 Å². The molecule has 0 radical (unpaired) electrons. The summed E-state index contributed by atoms with van der Waals surface area (Å²) >= 11 is 0. The number of likely N-dealkylation sites (tertiary alicyclic amines) is 1. The number of piperidine rings is 1. The third-order valence-electron chi connectivity index (χ3n) is 10.2. The van der Waals surface area contributed by atoms with Gasteiger partial charge in [-0.25, -0.2) is 9.18 Å². The van der Waals surface area contributed by atoms with Crippen molar-refractivity contribution < 1.29 is 28.6 Å². The van der Waals surface area contributed by atoms with Gasteiger partial charge in [0.1, 0.15) is 11.3 Å². The number of nitrogens with zero attached hydrogens (tertiary/aromatic N) is 7. The standard InChI is InChI=1S/C34H34FN7O6/c1-48-32-28-23(30(43)24(34(46)47)17-42(28)21-8-9-21)13-25(35)29(32)39-14-19-5-4-10-38(27(19)18-39)15-20-16-40(37-36-20)11-12-41-26-7-3-2-6-22(26)31(44)33(41)45/h2-3,6-7,13,16-17,19,21,27H,4-5,8-12,14-15,18H2,1H3,(H,46,47)/t19-,27+/m0/s1. The number of aromatic carboxylic acids is 1. The lowest BCUT2D eigenvalue weighted by atomic mass is 9.92. The summed E-state index contributed by atoms with van der Waals surface area (Å²) in [5.41, 5.74) is 1.41. The van der Waals surface area contributed by atoms with E-state index in [2.05, 4.69) is 15.2 Å². The van der Waals surface area contributed by atoms with E-state index in [1.54, 1.807) is 33.5 Å². The number of rotatable bonds is 9. The number of benzene rings is 2. The fourth-order valence-corrected chi connectivity index (χ4v) is 7.78. The largest absolute Gasteiger partial charge is 0.492 e. The van der Waals surface area contributed by atoms with Crippen molar-refractivity contribution in [1.82, 2.24) is 24.5 Å². The zero-order valence-corrected chi connectivity index (χ0v) is 26.3. The van der Waals surface area contributed by atoms with Gasteiger partial charge in [0.15, 0.2) is 11.6 Å². The number of ether oxygens (including phenoxy) is 1. The van der Waals surface area contributed by atoms with Crippen LogP contribution in [0.1, 0.15) is 58.1 Å². The van der Waals surface area contributed by atoms with Crippen LogP contribution < -0.4 is 20.0 Å². The summed E-state index contributed by atoms with van der Waals surface area (Å²) in [5.74, 6) is -2.47. The Kier molecular flexibility index (Phi) is 7.27. The van der Waals surface area contributed by atoms with Crippen molar-refractivity contribution >= 4 is 39.9 Å². The number of carbonyl (C=O) groups is 3. The van der Waals surface area contributed by atoms with Crippen molar-refractivity contribution in [1.29, 1.82) is 0 Å². The van der Waals surface area contributed by atoms with Crippen LogP contribution in [0.15, 0.2) is 47.5 Å². The Labute approximate surface area is 274 Å². The molecule has 2 saturated heterocycles. The van der Waals surface area contributed by atoms with E-state index in [4.69, 9.17) is 4.74 Å². The first-order chi connectivity index (χ1) is 23.2. The number of hydrogen-bond acceptors (Lipinski definition) is 9. The van der Waals surface area contributed by atoms with Gasteiger partial charge in [0.2, 0.25) is 5.43 Å². The number of carboxylic acid groups (broad SMARTS) is 1. The van der Waals surface area contributed by atoms with Crippen molar-refractivity contribution in [3.8, 4) is 5.75 Å². The number of anilines is 2. The zero-order valence-electron chi connectivity index (χ0n) is 26.3. The maximum atomic E-state index is 16.0. The highest BCUT2D eigenvalue weighted by atomic mass is 19.1. The number of hydrogen-bond donors (Lipinski definition) is 1. The first kappa shape index (κ1) is 30.2. The molecule has 1 amide bonds. The number of fused-ring (bicyclic) bond motifs is 3. The van der Waals surface area contributed by atoms with Gasteiger partial charge in [0, 0.05) is 50.7 Å². The minimum atomic E-state index is -1.34. The number of halogens is 1. The van der Waals surface area contributed by atoms with Gasteiger partial charge < -0.3 is 24.2 Å². The van der Waals surface area contributed by atoms with Crippen LogP contribution >= 0.6 is 0 Å². The van der Waals surface area contributed by atoms with Crippen LogP contribution in [0.2, 0.25) is 0 Å². The highest BCUT2D eigenvalue weighted by Gasteiger charge is 2.42. The molecule has 248 valence electrons. The summed E-state index contributed by atoms with van der Waals surface area (Å²) in [5, 5.41) is 18.3. The van der Waals surface area contributed by atoms with E-state index in [9.17, 15) is 24.3 Å². The van der Waals surface area contributed by atoms with Crippen LogP contribution in [-0.4, -0.2) is 86.6 Å². The maximum Gasteiger partial charge on any atom is 0.341 e. The van der Waals surface area contributed by atoms with Gasteiger partial charge in [-0.1, -0.05) is 17.3 Å². The molecular formula is C34H34FN7O6. The van der Waals surface area contributed by atoms with E-state index in [0.717, 1.165) is 37.9 Å². The quantitative estimate of drug-likeness (QED) is 0.267. The molecule has 14 heteroatoms. The van der Waals surface area contributed by atoms with Gasteiger partial charge in [-0.15, -0.1) is 5.10 Å². The second kappa shape index (κ2) is 11.5. The number of methoxy groups -OCH3 is 1. The van der Waals surface area contributed by atoms with Crippen LogP contribution in [-0.2, 0) is 17.9 Å². The number of carbonyl (C=O) groups excluding carboxylic acids is 2. The Hall–Kier alpha value is -5.11. The number of ketones is 1. The van der Waals surface area contributed by atoms with Crippen molar-refractivity contribution in [2.75, 3.05) is 43.1 Å². The van der Waals surface area contributed by atoms with Crippen molar-refractivity contribution in [2.45, 2.75) is 50.9 Å². The normalized spacial score (nSPS) is 20.9. The van der Waals surface area contributed by atoms with Gasteiger partial charge in [-0.2, -0.15) is 0 Å². The predicted molar refractivity (Wildman–Crippen MR) is 172 cm³/mol. The summed E-state index contributed by atoms with van der Waals surface area (Å²) in [7, 11) is 1.46. The number of para-hydroxylation sites is 1. The van der Waals surface area contributed by atoms with Crippen LogP contribution in [0, 0.1) is 11.7 Å². The smallest absolute Gasteiger partial charge is 0.341 e. The average Bonchev–Trinajstić information content (AvgIpc) is 3.59. The fourth-order valence-electron chi connectivity index (χ4n) is 7.78. The van der Waals surface area contributed by atoms with Gasteiger partial charge in [-0.05, 0) is 56.3 Å². The molecule has 2 aromatic heterocycles. The summed E-state index contributed by atoms with van der Waals surface area (Å²) in [6.07, 6.45) is 6.87. The molecule has 48 heavy (non-hydrogen) atoms. The molecule has 3 aliphatic heterocycles. The van der Waals surface area contributed by atoms with Crippen molar-refractivity contribution in [3.63, 3.8) is 0 Å². The molecule has 13 nitrogen and oxygen atoms in total. The Morgan fingerprint density at radius 2 is 1.90 bits per heavy atom. The first-order valence-corrected chi connectivity index (χ1v) is 16.2. The van der Waals surface area contributed by atoms with E-state index in [0.29, 0.717) is 55.2 Å². The van der Waals surface area contributed by atoms with E-state index in [1.165, 1.54) is 24.3 Å². The second-order valence-corrected chi connectivity index (χ2v) is 13.1. The van der Waals surface area contributed by atoms with Crippen LogP contribution in [0.4, 0.5) is 15.8 Å². The third kappa shape index (κ3) is 4.93. The molecule has 2 aromatic carbocycles. The minimum absolute atomic E-state index is 0.00568. The summed E-state index contributed by atoms with van der Waals surface area (Å²) < 4.78 is 25.3. The first-order valence-electron chi connectivity index (χ1n) is 16.2. The molecule has 0 bridgehead atoms. The molecule has 2 atom stereocenters. The summed E-state index contributed by atoms with van der Waals surface area (Å²) in [4.78, 5) is 55.7. The highest BCUT2D eigenvalue weighted by Crippen LogP contribution is 2.45. The molecule has 1 saturated carbocycles. The highest BCUT2D eigenvalue weighted by molar-refractivity contribution is 6.52. The van der Waals surface area contributed by atoms with Crippen molar-refractivity contribution in [3.05, 3.63) is 75.6 Å². The van der Waals surface area contributed by atoms with E-state index in [1.807, 2.05) is 11.1 Å². The maximum absolute atomic E-state index is 16.0. The number of pyridine rings is 1.